The summed E-state index contributed by atoms with van der Waals surface area (Å²) in [6, 6.07) is 5.98. The van der Waals surface area contributed by atoms with Crippen LogP contribution >= 0.6 is 0 Å². The summed E-state index contributed by atoms with van der Waals surface area (Å²) in [7, 11) is 1.35. The zero-order valence-electron chi connectivity index (χ0n) is 12.9. The molecule has 1 atom stereocenters. The molecule has 0 saturated heterocycles. The lowest BCUT2D eigenvalue weighted by Gasteiger charge is -2.22. The van der Waals surface area contributed by atoms with E-state index in [-0.39, 0.29) is 29.7 Å². The van der Waals surface area contributed by atoms with E-state index in [1.54, 1.807) is 6.92 Å². The molecule has 0 bridgehead atoms. The second-order valence-corrected chi connectivity index (χ2v) is 5.52. The third kappa shape index (κ3) is 3.88. The number of methoxy groups -OCH3 is 1. The maximum Gasteiger partial charge on any atom is 0.273 e. The largest absolute Gasteiger partial charge is 0.493 e. The van der Waals surface area contributed by atoms with Crippen LogP contribution in [-0.2, 0) is 4.79 Å². The van der Waals surface area contributed by atoms with Crippen LogP contribution in [0.5, 0.6) is 11.5 Å². The highest BCUT2D eigenvalue weighted by Gasteiger charge is 2.43. The van der Waals surface area contributed by atoms with Crippen LogP contribution in [0, 0.1) is 27.4 Å². The van der Waals surface area contributed by atoms with Gasteiger partial charge in [-0.2, -0.15) is 5.26 Å². The topological polar surface area (TPSA) is 114 Å². The molecule has 1 aromatic carbocycles. The van der Waals surface area contributed by atoms with Crippen molar-refractivity contribution in [2.75, 3.05) is 13.7 Å². The number of nitro benzene ring substituents is 1. The Morgan fingerprint density at radius 1 is 1.52 bits per heavy atom. The second kappa shape index (κ2) is 6.52. The van der Waals surface area contributed by atoms with Crippen LogP contribution in [0.25, 0.3) is 0 Å². The van der Waals surface area contributed by atoms with Crippen LogP contribution in [0.4, 0.5) is 5.69 Å². The first-order valence-corrected chi connectivity index (χ1v) is 7.07. The molecule has 1 N–H and O–H groups in total. The van der Waals surface area contributed by atoms with Crippen LogP contribution < -0.4 is 14.8 Å². The van der Waals surface area contributed by atoms with Crippen LogP contribution in [0.3, 0.4) is 0 Å². The van der Waals surface area contributed by atoms with Gasteiger partial charge in [0.1, 0.15) is 5.54 Å². The molecule has 2 rings (SSSR count). The number of carbonyl (C=O) groups excluding carboxylic acids is 1. The first-order valence-electron chi connectivity index (χ1n) is 7.07. The molecular formula is C15H17N3O5. The summed E-state index contributed by atoms with van der Waals surface area (Å²) < 4.78 is 10.4. The number of hydrogen-bond acceptors (Lipinski definition) is 6. The monoisotopic (exact) mass is 319 g/mol. The smallest absolute Gasteiger partial charge is 0.273 e. The summed E-state index contributed by atoms with van der Waals surface area (Å²) in [5, 5.41) is 22.6. The highest BCUT2D eigenvalue weighted by Crippen LogP contribution is 2.39. The molecule has 1 unspecified atom stereocenters. The number of ether oxygens (including phenoxy) is 2. The lowest BCUT2D eigenvalue weighted by Crippen LogP contribution is -2.48. The molecule has 1 aliphatic carbocycles. The van der Waals surface area contributed by atoms with Crippen LogP contribution in [0.1, 0.15) is 19.8 Å². The lowest BCUT2D eigenvalue weighted by molar-refractivity contribution is -0.384. The Morgan fingerprint density at radius 2 is 2.22 bits per heavy atom. The predicted octanol–water partition coefficient (Wildman–Crippen LogP) is 1.79. The maximum atomic E-state index is 12.0. The van der Waals surface area contributed by atoms with Gasteiger partial charge in [-0.3, -0.25) is 14.9 Å². The number of nitriles is 1. The molecule has 122 valence electrons. The quantitative estimate of drug-likeness (QED) is 0.605. The van der Waals surface area contributed by atoms with Gasteiger partial charge in [0, 0.05) is 6.07 Å². The number of nitrogens with zero attached hydrogens (tertiary/aromatic N) is 2. The van der Waals surface area contributed by atoms with Crippen molar-refractivity contribution in [3.05, 3.63) is 28.3 Å². The molecular weight excluding hydrogens is 302 g/mol. The zero-order chi connectivity index (χ0) is 17.0. The van der Waals surface area contributed by atoms with E-state index in [1.807, 2.05) is 0 Å². The average molecular weight is 319 g/mol. The van der Waals surface area contributed by atoms with Gasteiger partial charge in [0.15, 0.2) is 18.1 Å². The highest BCUT2D eigenvalue weighted by atomic mass is 16.6. The van der Waals surface area contributed by atoms with Gasteiger partial charge in [-0.1, -0.05) is 0 Å². The van der Waals surface area contributed by atoms with E-state index in [0.29, 0.717) is 0 Å². The third-order valence-electron chi connectivity index (χ3n) is 3.74. The fourth-order valence-corrected chi connectivity index (χ4v) is 2.24. The molecule has 1 aliphatic rings. The Kier molecular flexibility index (Phi) is 4.69. The van der Waals surface area contributed by atoms with Crippen molar-refractivity contribution in [3.8, 4) is 17.6 Å². The molecule has 0 spiro atoms. The number of hydrogen-bond donors (Lipinski definition) is 1. The van der Waals surface area contributed by atoms with E-state index in [9.17, 15) is 20.2 Å². The SMILES string of the molecule is COc1cc([N+](=O)[O-])ccc1OCC(=O)NC(C)(C#N)C1CC1. The summed E-state index contributed by atoms with van der Waals surface area (Å²) in [5.41, 5.74) is -1.02. The Hall–Kier alpha value is -2.82. The standard InChI is InChI=1S/C15H17N3O5/c1-15(9-16,10-3-4-10)17-14(19)8-23-12-6-5-11(18(20)21)7-13(12)22-2/h5-7,10H,3-4,8H2,1-2H3,(H,17,19). The number of nitro groups is 1. The summed E-state index contributed by atoms with van der Waals surface area (Å²) >= 11 is 0. The minimum absolute atomic E-state index is 0.135. The van der Waals surface area contributed by atoms with Gasteiger partial charge in [-0.25, -0.2) is 0 Å². The van der Waals surface area contributed by atoms with Crippen molar-refractivity contribution >= 4 is 11.6 Å². The molecule has 1 saturated carbocycles. The van der Waals surface area contributed by atoms with Crippen LogP contribution in [0.15, 0.2) is 18.2 Å². The fourth-order valence-electron chi connectivity index (χ4n) is 2.24. The first-order chi connectivity index (χ1) is 10.9. The fraction of sp³-hybridized carbons (Fsp3) is 0.467. The normalized spacial score (nSPS) is 15.9. The van der Waals surface area contributed by atoms with E-state index in [4.69, 9.17) is 9.47 Å². The van der Waals surface area contributed by atoms with Gasteiger partial charge in [0.2, 0.25) is 0 Å². The Morgan fingerprint density at radius 3 is 2.74 bits per heavy atom. The molecule has 1 amide bonds. The minimum Gasteiger partial charge on any atom is -0.493 e. The molecule has 23 heavy (non-hydrogen) atoms. The first kappa shape index (κ1) is 16.5. The molecule has 0 heterocycles. The van der Waals surface area contributed by atoms with Crippen molar-refractivity contribution < 1.29 is 19.2 Å². The molecule has 8 nitrogen and oxygen atoms in total. The van der Waals surface area contributed by atoms with E-state index in [0.717, 1.165) is 12.8 Å². The molecule has 1 fully saturated rings. The molecule has 0 aromatic heterocycles. The third-order valence-corrected chi connectivity index (χ3v) is 3.74. The Labute approximate surface area is 133 Å². The van der Waals surface area contributed by atoms with Crippen LogP contribution in [0.2, 0.25) is 0 Å². The van der Waals surface area contributed by atoms with Crippen molar-refractivity contribution in [1.82, 2.24) is 5.32 Å². The van der Waals surface area contributed by atoms with E-state index >= 15 is 0 Å². The number of rotatable bonds is 7. The summed E-state index contributed by atoms with van der Waals surface area (Å²) in [4.78, 5) is 22.1. The summed E-state index contributed by atoms with van der Waals surface area (Å²) in [6.45, 7) is 1.38. The minimum atomic E-state index is -0.889. The van der Waals surface area contributed by atoms with Crippen LogP contribution in [-0.4, -0.2) is 30.1 Å². The van der Waals surface area contributed by atoms with E-state index < -0.39 is 16.4 Å². The Bertz CT molecular complexity index is 666. The number of carbonyl (C=O) groups is 1. The zero-order valence-corrected chi connectivity index (χ0v) is 12.9. The second-order valence-electron chi connectivity index (χ2n) is 5.52. The number of benzene rings is 1. The molecule has 0 radical (unpaired) electrons. The number of amides is 1. The van der Waals surface area contributed by atoms with E-state index in [1.165, 1.54) is 25.3 Å². The van der Waals surface area contributed by atoms with Crippen molar-refractivity contribution in [2.24, 2.45) is 5.92 Å². The lowest BCUT2D eigenvalue weighted by atomic mass is 9.98. The average Bonchev–Trinajstić information content (AvgIpc) is 3.37. The van der Waals surface area contributed by atoms with Gasteiger partial charge in [0.25, 0.3) is 11.6 Å². The van der Waals surface area contributed by atoms with Gasteiger partial charge in [-0.05, 0) is 31.7 Å². The summed E-state index contributed by atoms with van der Waals surface area (Å²) in [6.07, 6.45) is 1.84. The molecule has 8 heteroatoms. The van der Waals surface area contributed by atoms with Gasteiger partial charge in [-0.15, -0.1) is 0 Å². The van der Waals surface area contributed by atoms with E-state index in [2.05, 4.69) is 11.4 Å². The predicted molar refractivity (Wildman–Crippen MR) is 80.0 cm³/mol. The summed E-state index contributed by atoms with van der Waals surface area (Å²) in [5.74, 6) is 0.127. The number of non-ortho nitro benzene ring substituents is 1. The molecule has 0 aliphatic heterocycles. The highest BCUT2D eigenvalue weighted by molar-refractivity contribution is 5.79. The number of nitrogens with one attached hydrogen (secondary N) is 1. The van der Waals surface area contributed by atoms with Crippen molar-refractivity contribution in [3.63, 3.8) is 0 Å². The molecule has 1 aromatic rings. The maximum absolute atomic E-state index is 12.0. The van der Waals surface area contributed by atoms with Gasteiger partial charge >= 0.3 is 0 Å². The van der Waals surface area contributed by atoms with Gasteiger partial charge in [0.05, 0.1) is 24.2 Å². The van der Waals surface area contributed by atoms with Gasteiger partial charge < -0.3 is 14.8 Å². The van der Waals surface area contributed by atoms with Crippen molar-refractivity contribution in [1.29, 1.82) is 5.26 Å². The Balaban J connectivity index is 1.99. The van der Waals surface area contributed by atoms with Crippen molar-refractivity contribution in [2.45, 2.75) is 25.3 Å².